The number of aryl methyl sites for hydroxylation is 1. The number of fused-ring (bicyclic) bond motifs is 1. The van der Waals surface area contributed by atoms with Crippen molar-refractivity contribution in [1.82, 2.24) is 14.8 Å². The Morgan fingerprint density at radius 3 is 2.77 bits per heavy atom. The van der Waals surface area contributed by atoms with Gasteiger partial charge in [-0.15, -0.1) is 0 Å². The minimum absolute atomic E-state index is 0.0964. The zero-order chi connectivity index (χ0) is 21.1. The molecule has 3 N–H and O–H groups in total. The lowest BCUT2D eigenvalue weighted by molar-refractivity contribution is -0.114. The van der Waals surface area contributed by atoms with Gasteiger partial charge in [-0.05, 0) is 47.9 Å². The first-order chi connectivity index (χ1) is 14.5. The molecule has 1 aliphatic heterocycles. The molecular formula is C22H22ClN5O2. The van der Waals surface area contributed by atoms with Crippen LogP contribution in [0.1, 0.15) is 36.3 Å². The number of benzene rings is 2. The topological polar surface area (TPSA) is 92.1 Å². The zero-order valence-corrected chi connectivity index (χ0v) is 17.2. The standard InChI is InChI=1S/C22H22ClN5O2/c1-14(30)24-18-9-7-15(8-10-18)19-13-20(16-4-2-5-17(23)12-16)28-22(25-19)26-21(27-28)6-3-11-29/h2,4-5,7-10,12-13,20,29H,3,6,11H2,1H3,(H,24,30)(H,25,26,27)/t20-/m0/s1. The first-order valence-electron chi connectivity index (χ1n) is 9.72. The Morgan fingerprint density at radius 2 is 2.07 bits per heavy atom. The highest BCUT2D eigenvalue weighted by Gasteiger charge is 2.25. The van der Waals surface area contributed by atoms with Gasteiger partial charge < -0.3 is 15.7 Å². The molecule has 0 saturated carbocycles. The Labute approximate surface area is 179 Å². The van der Waals surface area contributed by atoms with E-state index in [2.05, 4.69) is 26.8 Å². The molecule has 1 amide bonds. The number of aromatic nitrogens is 3. The van der Waals surface area contributed by atoms with Crippen LogP contribution in [0.15, 0.2) is 54.6 Å². The normalized spacial score (nSPS) is 15.2. The van der Waals surface area contributed by atoms with Crippen LogP contribution in [0.25, 0.3) is 5.70 Å². The molecule has 0 saturated heterocycles. The summed E-state index contributed by atoms with van der Waals surface area (Å²) in [4.78, 5) is 15.9. The molecule has 0 radical (unpaired) electrons. The molecule has 1 aliphatic rings. The highest BCUT2D eigenvalue weighted by molar-refractivity contribution is 6.30. The molecular weight excluding hydrogens is 402 g/mol. The lowest BCUT2D eigenvalue weighted by Gasteiger charge is -2.24. The number of aliphatic hydroxyl groups is 1. The van der Waals surface area contributed by atoms with Gasteiger partial charge in [0, 0.05) is 36.4 Å². The number of halogens is 1. The minimum atomic E-state index is -0.180. The summed E-state index contributed by atoms with van der Waals surface area (Å²) in [6, 6.07) is 15.1. The van der Waals surface area contributed by atoms with Gasteiger partial charge in [0.15, 0.2) is 5.82 Å². The van der Waals surface area contributed by atoms with Crippen LogP contribution in [0.2, 0.25) is 5.02 Å². The predicted octanol–water partition coefficient (Wildman–Crippen LogP) is 3.87. The van der Waals surface area contributed by atoms with Crippen molar-refractivity contribution in [2.24, 2.45) is 0 Å². The number of amides is 1. The van der Waals surface area contributed by atoms with Crippen LogP contribution in [0.4, 0.5) is 11.6 Å². The fourth-order valence-electron chi connectivity index (χ4n) is 3.41. The number of carbonyl (C=O) groups is 1. The minimum Gasteiger partial charge on any atom is -0.396 e. The van der Waals surface area contributed by atoms with Gasteiger partial charge in [-0.3, -0.25) is 4.79 Å². The number of anilines is 2. The SMILES string of the molecule is CC(=O)Nc1ccc(C2=C[C@@H](c3cccc(Cl)c3)n3nc(CCCO)nc3N2)cc1. The van der Waals surface area contributed by atoms with E-state index < -0.39 is 0 Å². The van der Waals surface area contributed by atoms with E-state index in [1.165, 1.54) is 6.92 Å². The summed E-state index contributed by atoms with van der Waals surface area (Å²) < 4.78 is 1.84. The van der Waals surface area contributed by atoms with Gasteiger partial charge in [0.05, 0.1) is 0 Å². The van der Waals surface area contributed by atoms with Crippen LogP contribution in [0.5, 0.6) is 0 Å². The Hall–Kier alpha value is -3.16. The smallest absolute Gasteiger partial charge is 0.226 e. The highest BCUT2D eigenvalue weighted by Crippen LogP contribution is 2.33. The van der Waals surface area contributed by atoms with Crippen LogP contribution < -0.4 is 10.6 Å². The fraction of sp³-hybridized carbons (Fsp3) is 0.227. The largest absolute Gasteiger partial charge is 0.396 e. The van der Waals surface area contributed by atoms with E-state index >= 15 is 0 Å². The molecule has 2 heterocycles. The lowest BCUT2D eigenvalue weighted by Crippen LogP contribution is -2.20. The van der Waals surface area contributed by atoms with Gasteiger partial charge >= 0.3 is 0 Å². The van der Waals surface area contributed by atoms with Crippen LogP contribution in [-0.2, 0) is 11.2 Å². The molecule has 154 valence electrons. The quantitative estimate of drug-likeness (QED) is 0.559. The average Bonchev–Trinajstić information content (AvgIpc) is 3.14. The number of aliphatic hydroxyl groups excluding tert-OH is 1. The number of nitrogens with zero attached hydrogens (tertiary/aromatic N) is 3. The second-order valence-electron chi connectivity index (χ2n) is 7.09. The molecule has 30 heavy (non-hydrogen) atoms. The van der Waals surface area contributed by atoms with Gasteiger partial charge in [-0.25, -0.2) is 4.68 Å². The molecule has 7 nitrogen and oxygen atoms in total. The maximum atomic E-state index is 11.3. The molecule has 0 fully saturated rings. The lowest BCUT2D eigenvalue weighted by atomic mass is 10.0. The molecule has 3 aromatic rings. The van der Waals surface area contributed by atoms with E-state index in [1.807, 2.05) is 53.2 Å². The van der Waals surface area contributed by atoms with Crippen molar-refractivity contribution in [3.63, 3.8) is 0 Å². The molecule has 2 aromatic carbocycles. The first kappa shape index (κ1) is 20.1. The molecule has 1 atom stereocenters. The van der Waals surface area contributed by atoms with E-state index in [4.69, 9.17) is 16.7 Å². The first-order valence-corrected chi connectivity index (χ1v) is 10.1. The van der Waals surface area contributed by atoms with Crippen molar-refractivity contribution in [3.05, 3.63) is 76.6 Å². The Kier molecular flexibility index (Phi) is 5.83. The Morgan fingerprint density at radius 1 is 1.27 bits per heavy atom. The summed E-state index contributed by atoms with van der Waals surface area (Å²) in [6.45, 7) is 1.58. The molecule has 1 aromatic heterocycles. The average molecular weight is 424 g/mol. The third kappa shape index (κ3) is 4.37. The van der Waals surface area contributed by atoms with Crippen LogP contribution in [0.3, 0.4) is 0 Å². The summed E-state index contributed by atoms with van der Waals surface area (Å²) in [5.74, 6) is 1.20. The summed E-state index contributed by atoms with van der Waals surface area (Å²) in [6.07, 6.45) is 3.29. The number of carbonyl (C=O) groups excluding carboxylic acids is 1. The summed E-state index contributed by atoms with van der Waals surface area (Å²) >= 11 is 6.23. The van der Waals surface area contributed by atoms with Crippen LogP contribution >= 0.6 is 11.6 Å². The van der Waals surface area contributed by atoms with E-state index in [1.54, 1.807) is 0 Å². The number of hydrogen-bond acceptors (Lipinski definition) is 5. The summed E-state index contributed by atoms with van der Waals surface area (Å²) in [5, 5.41) is 20.6. The van der Waals surface area contributed by atoms with Crippen LogP contribution in [-0.4, -0.2) is 32.4 Å². The zero-order valence-electron chi connectivity index (χ0n) is 16.5. The Balaban J connectivity index is 1.71. The summed E-state index contributed by atoms with van der Waals surface area (Å²) in [5.41, 5.74) is 3.59. The van der Waals surface area contributed by atoms with E-state index in [-0.39, 0.29) is 18.6 Å². The van der Waals surface area contributed by atoms with Crippen molar-refractivity contribution in [2.45, 2.75) is 25.8 Å². The number of nitrogens with one attached hydrogen (secondary N) is 2. The second kappa shape index (κ2) is 8.69. The fourth-order valence-corrected chi connectivity index (χ4v) is 3.61. The molecule has 0 aliphatic carbocycles. The van der Waals surface area contributed by atoms with E-state index in [0.717, 1.165) is 22.5 Å². The van der Waals surface area contributed by atoms with Crippen molar-refractivity contribution >= 4 is 34.8 Å². The molecule has 8 heteroatoms. The van der Waals surface area contributed by atoms with Crippen LogP contribution in [0, 0.1) is 0 Å². The van der Waals surface area contributed by atoms with Gasteiger partial charge in [-0.2, -0.15) is 10.1 Å². The number of hydrogen-bond donors (Lipinski definition) is 3. The third-order valence-corrected chi connectivity index (χ3v) is 5.01. The van der Waals surface area contributed by atoms with E-state index in [9.17, 15) is 4.79 Å². The number of rotatable bonds is 6. The van der Waals surface area contributed by atoms with Gasteiger partial charge in [0.1, 0.15) is 6.04 Å². The molecule has 4 rings (SSSR count). The number of allylic oxidation sites excluding steroid dienone is 1. The summed E-state index contributed by atoms with van der Waals surface area (Å²) in [7, 11) is 0. The maximum absolute atomic E-state index is 11.3. The Bertz CT molecular complexity index is 1090. The van der Waals surface area contributed by atoms with Gasteiger partial charge in [0.25, 0.3) is 0 Å². The van der Waals surface area contributed by atoms with Gasteiger partial charge in [-0.1, -0.05) is 35.9 Å². The highest BCUT2D eigenvalue weighted by atomic mass is 35.5. The molecule has 0 unspecified atom stereocenters. The van der Waals surface area contributed by atoms with Crippen molar-refractivity contribution in [3.8, 4) is 0 Å². The van der Waals surface area contributed by atoms with E-state index in [0.29, 0.717) is 29.6 Å². The monoisotopic (exact) mass is 423 g/mol. The predicted molar refractivity (Wildman–Crippen MR) is 117 cm³/mol. The molecule has 0 bridgehead atoms. The third-order valence-electron chi connectivity index (χ3n) is 4.77. The second-order valence-corrected chi connectivity index (χ2v) is 7.52. The molecule has 0 spiro atoms. The maximum Gasteiger partial charge on any atom is 0.226 e. The van der Waals surface area contributed by atoms with Crippen molar-refractivity contribution in [2.75, 3.05) is 17.2 Å². The van der Waals surface area contributed by atoms with Crippen molar-refractivity contribution < 1.29 is 9.90 Å². The van der Waals surface area contributed by atoms with Crippen molar-refractivity contribution in [1.29, 1.82) is 0 Å². The van der Waals surface area contributed by atoms with Gasteiger partial charge in [0.2, 0.25) is 11.9 Å².